The van der Waals surface area contributed by atoms with Crippen molar-refractivity contribution >= 4 is 33.8 Å². The van der Waals surface area contributed by atoms with E-state index in [4.69, 9.17) is 0 Å². The first-order valence-electron chi connectivity index (χ1n) is 6.46. The lowest BCUT2D eigenvalue weighted by atomic mass is 10.2. The molecule has 1 heterocycles. The third-order valence-electron chi connectivity index (χ3n) is 2.99. The highest BCUT2D eigenvalue weighted by Crippen LogP contribution is 2.18. The smallest absolute Gasteiger partial charge is 0.257 e. The van der Waals surface area contributed by atoms with Gasteiger partial charge in [0.2, 0.25) is 0 Å². The number of hydrogen-bond donors (Lipinski definition) is 1. The molecule has 7 heteroatoms. The number of nitrogens with one attached hydrogen (secondary N) is 1. The van der Waals surface area contributed by atoms with Gasteiger partial charge in [0, 0.05) is 18.1 Å². The number of amides is 1. The summed E-state index contributed by atoms with van der Waals surface area (Å²) < 4.78 is 24.0. The van der Waals surface area contributed by atoms with Crippen LogP contribution >= 0.6 is 12.4 Å². The standard InChI is InChI=1S/C15H16N2O3S.ClH/c1-11(2)21(19,20)14-7-5-13(6-8-14)17-15(18)12-4-3-9-16-10-12;/h3-11H,1-2H3,(H,17,18);1H. The van der Waals surface area contributed by atoms with Crippen LogP contribution in [0.3, 0.4) is 0 Å². The molecular formula is C15H17ClN2O3S. The van der Waals surface area contributed by atoms with E-state index in [9.17, 15) is 13.2 Å². The quantitative estimate of drug-likeness (QED) is 0.928. The van der Waals surface area contributed by atoms with E-state index in [1.54, 1.807) is 44.3 Å². The minimum Gasteiger partial charge on any atom is -0.322 e. The molecule has 1 aromatic heterocycles. The van der Waals surface area contributed by atoms with Gasteiger partial charge in [0.25, 0.3) is 5.91 Å². The SMILES string of the molecule is CC(C)S(=O)(=O)c1ccc(NC(=O)c2cccnc2)cc1.Cl. The minimum atomic E-state index is -3.30. The van der Waals surface area contributed by atoms with Crippen LogP contribution < -0.4 is 5.32 Å². The van der Waals surface area contributed by atoms with Crippen LogP contribution in [0.1, 0.15) is 24.2 Å². The van der Waals surface area contributed by atoms with Crippen molar-refractivity contribution in [1.29, 1.82) is 0 Å². The first-order chi connectivity index (χ1) is 9.91. The number of carbonyl (C=O) groups is 1. The van der Waals surface area contributed by atoms with E-state index in [2.05, 4.69) is 10.3 Å². The first kappa shape index (κ1) is 18.1. The Morgan fingerprint density at radius 1 is 1.14 bits per heavy atom. The number of sulfone groups is 1. The summed E-state index contributed by atoms with van der Waals surface area (Å²) in [6.45, 7) is 3.26. The number of rotatable bonds is 4. The Kier molecular flexibility index (Phi) is 6.08. The van der Waals surface area contributed by atoms with Crippen LogP contribution in [0.2, 0.25) is 0 Å². The third-order valence-corrected chi connectivity index (χ3v) is 5.16. The van der Waals surface area contributed by atoms with Gasteiger partial charge in [-0.2, -0.15) is 0 Å². The van der Waals surface area contributed by atoms with E-state index >= 15 is 0 Å². The maximum atomic E-state index is 12.0. The molecule has 22 heavy (non-hydrogen) atoms. The zero-order chi connectivity index (χ0) is 15.5. The first-order valence-corrected chi connectivity index (χ1v) is 8.01. The fourth-order valence-electron chi connectivity index (χ4n) is 1.70. The van der Waals surface area contributed by atoms with Gasteiger partial charge in [-0.05, 0) is 50.2 Å². The summed E-state index contributed by atoms with van der Waals surface area (Å²) in [5.41, 5.74) is 0.975. The Hall–Kier alpha value is -1.92. The Bertz CT molecular complexity index is 729. The number of carbonyl (C=O) groups excluding carboxylic acids is 1. The molecule has 1 N–H and O–H groups in total. The van der Waals surface area contributed by atoms with Gasteiger partial charge in [-0.1, -0.05) is 0 Å². The highest BCUT2D eigenvalue weighted by molar-refractivity contribution is 7.92. The van der Waals surface area contributed by atoms with E-state index in [1.807, 2.05) is 0 Å². The van der Waals surface area contributed by atoms with Crippen molar-refractivity contribution in [2.24, 2.45) is 0 Å². The van der Waals surface area contributed by atoms with Gasteiger partial charge in [-0.3, -0.25) is 9.78 Å². The number of aromatic nitrogens is 1. The molecular weight excluding hydrogens is 324 g/mol. The summed E-state index contributed by atoms with van der Waals surface area (Å²) in [4.78, 5) is 16.1. The monoisotopic (exact) mass is 340 g/mol. The zero-order valence-corrected chi connectivity index (χ0v) is 13.8. The Balaban J connectivity index is 0.00000242. The molecule has 118 valence electrons. The van der Waals surface area contributed by atoms with Gasteiger partial charge in [0.05, 0.1) is 15.7 Å². The number of pyridine rings is 1. The van der Waals surface area contributed by atoms with E-state index in [-0.39, 0.29) is 23.2 Å². The Morgan fingerprint density at radius 3 is 2.27 bits per heavy atom. The second-order valence-corrected chi connectivity index (χ2v) is 7.32. The molecule has 0 atom stereocenters. The molecule has 5 nitrogen and oxygen atoms in total. The highest BCUT2D eigenvalue weighted by Gasteiger charge is 2.18. The molecule has 0 bridgehead atoms. The van der Waals surface area contributed by atoms with Gasteiger partial charge in [0.1, 0.15) is 0 Å². The van der Waals surface area contributed by atoms with Crippen LogP contribution in [0.25, 0.3) is 0 Å². The highest BCUT2D eigenvalue weighted by atomic mass is 35.5. The van der Waals surface area contributed by atoms with Gasteiger partial charge < -0.3 is 5.32 Å². The maximum absolute atomic E-state index is 12.0. The maximum Gasteiger partial charge on any atom is 0.257 e. The van der Waals surface area contributed by atoms with Crippen LogP contribution in [0, 0.1) is 0 Å². The fraction of sp³-hybridized carbons (Fsp3) is 0.200. The lowest BCUT2D eigenvalue weighted by Crippen LogP contribution is -2.15. The van der Waals surface area contributed by atoms with Crippen LogP contribution in [-0.4, -0.2) is 24.6 Å². The van der Waals surface area contributed by atoms with Crippen LogP contribution in [-0.2, 0) is 9.84 Å². The fourth-order valence-corrected chi connectivity index (χ4v) is 2.76. The average molecular weight is 341 g/mol. The Labute approximate surface area is 136 Å². The van der Waals surface area contributed by atoms with Crippen LogP contribution in [0.4, 0.5) is 5.69 Å². The average Bonchev–Trinajstić information content (AvgIpc) is 2.48. The molecule has 2 aromatic rings. The molecule has 0 fully saturated rings. The van der Waals surface area contributed by atoms with Crippen molar-refractivity contribution in [3.63, 3.8) is 0 Å². The van der Waals surface area contributed by atoms with Gasteiger partial charge in [0.15, 0.2) is 9.84 Å². The topological polar surface area (TPSA) is 76.1 Å². The molecule has 0 radical (unpaired) electrons. The number of anilines is 1. The summed E-state index contributed by atoms with van der Waals surface area (Å²) in [6, 6.07) is 9.46. The lowest BCUT2D eigenvalue weighted by molar-refractivity contribution is 0.102. The summed E-state index contributed by atoms with van der Waals surface area (Å²) >= 11 is 0. The van der Waals surface area contributed by atoms with Crippen molar-refractivity contribution in [3.05, 3.63) is 54.4 Å². The normalized spacial score (nSPS) is 10.9. The number of benzene rings is 1. The molecule has 0 unspecified atom stereocenters. The van der Waals surface area contributed by atoms with Gasteiger partial charge in [-0.25, -0.2) is 8.42 Å². The van der Waals surface area contributed by atoms with Gasteiger partial charge in [-0.15, -0.1) is 12.4 Å². The summed E-state index contributed by atoms with van der Waals surface area (Å²) in [6.07, 6.45) is 3.05. The van der Waals surface area contributed by atoms with E-state index in [0.29, 0.717) is 11.3 Å². The van der Waals surface area contributed by atoms with Crippen molar-refractivity contribution in [2.75, 3.05) is 5.32 Å². The van der Waals surface area contributed by atoms with Crippen molar-refractivity contribution in [1.82, 2.24) is 4.98 Å². The molecule has 0 saturated heterocycles. The predicted molar refractivity (Wildman–Crippen MR) is 88.2 cm³/mol. The molecule has 0 aliphatic carbocycles. The zero-order valence-electron chi connectivity index (χ0n) is 12.2. The molecule has 2 rings (SSSR count). The molecule has 1 amide bonds. The second kappa shape index (κ2) is 7.38. The Morgan fingerprint density at radius 2 is 1.77 bits per heavy atom. The van der Waals surface area contributed by atoms with Crippen molar-refractivity contribution in [3.8, 4) is 0 Å². The van der Waals surface area contributed by atoms with E-state index < -0.39 is 15.1 Å². The van der Waals surface area contributed by atoms with E-state index in [0.717, 1.165) is 0 Å². The number of hydrogen-bond acceptors (Lipinski definition) is 4. The minimum absolute atomic E-state index is 0. The molecule has 1 aromatic carbocycles. The van der Waals surface area contributed by atoms with Crippen molar-refractivity contribution < 1.29 is 13.2 Å². The largest absolute Gasteiger partial charge is 0.322 e. The number of nitrogens with zero attached hydrogens (tertiary/aromatic N) is 1. The summed E-state index contributed by atoms with van der Waals surface area (Å²) in [7, 11) is -3.30. The lowest BCUT2D eigenvalue weighted by Gasteiger charge is -2.09. The third kappa shape index (κ3) is 4.05. The predicted octanol–water partition coefficient (Wildman–Crippen LogP) is 2.94. The van der Waals surface area contributed by atoms with Crippen LogP contribution in [0.15, 0.2) is 53.7 Å². The summed E-state index contributed by atoms with van der Waals surface area (Å²) in [5, 5.41) is 2.21. The van der Waals surface area contributed by atoms with Crippen LogP contribution in [0.5, 0.6) is 0 Å². The second-order valence-electron chi connectivity index (χ2n) is 4.81. The van der Waals surface area contributed by atoms with Crippen molar-refractivity contribution in [2.45, 2.75) is 24.0 Å². The molecule has 0 saturated carbocycles. The molecule has 0 spiro atoms. The van der Waals surface area contributed by atoms with Gasteiger partial charge >= 0.3 is 0 Å². The number of halogens is 1. The van der Waals surface area contributed by atoms with E-state index in [1.165, 1.54) is 18.3 Å². The molecule has 0 aliphatic heterocycles. The summed E-state index contributed by atoms with van der Waals surface area (Å²) in [5.74, 6) is -0.289. The molecule has 0 aliphatic rings.